The fraction of sp³-hybridized carbons (Fsp3) is 0.368. The topological polar surface area (TPSA) is 35.5 Å². The number of aliphatic hydroxyl groups excluding tert-OH is 1. The lowest BCUT2D eigenvalue weighted by Crippen LogP contribution is -2.40. The molecule has 0 saturated heterocycles. The lowest BCUT2D eigenvalue weighted by atomic mass is 9.99. The summed E-state index contributed by atoms with van der Waals surface area (Å²) >= 11 is 0. The lowest BCUT2D eigenvalue weighted by molar-refractivity contribution is 0.141. The van der Waals surface area contributed by atoms with Crippen molar-refractivity contribution >= 4 is 5.69 Å². The molecule has 2 rings (SSSR count). The van der Waals surface area contributed by atoms with E-state index in [4.69, 9.17) is 0 Å². The Hall–Kier alpha value is -1.84. The van der Waals surface area contributed by atoms with Crippen LogP contribution in [0.3, 0.4) is 0 Å². The van der Waals surface area contributed by atoms with Gasteiger partial charge in [0.05, 0.1) is 12.1 Å². The number of nitrogens with zero attached hydrogens (tertiary/aromatic N) is 1. The molecule has 0 unspecified atom stereocenters. The Morgan fingerprint density at radius 1 is 1.05 bits per heavy atom. The second-order valence-corrected chi connectivity index (χ2v) is 5.68. The van der Waals surface area contributed by atoms with Crippen LogP contribution in [0.4, 0.5) is 5.69 Å². The second kappa shape index (κ2) is 7.97. The van der Waals surface area contributed by atoms with Crippen LogP contribution in [-0.2, 0) is 0 Å². The summed E-state index contributed by atoms with van der Waals surface area (Å²) in [6.07, 6.45) is -0.478. The van der Waals surface area contributed by atoms with Crippen LogP contribution in [0.2, 0.25) is 0 Å². The molecule has 0 saturated carbocycles. The first-order valence-corrected chi connectivity index (χ1v) is 7.86. The van der Waals surface area contributed by atoms with E-state index in [1.807, 2.05) is 32.2 Å². The number of hydrogen-bond donors (Lipinski definition) is 2. The van der Waals surface area contributed by atoms with Crippen molar-refractivity contribution in [1.82, 2.24) is 5.32 Å². The van der Waals surface area contributed by atoms with E-state index in [-0.39, 0.29) is 6.04 Å². The van der Waals surface area contributed by atoms with Crippen LogP contribution in [0.1, 0.15) is 24.1 Å². The highest BCUT2D eigenvalue weighted by Crippen LogP contribution is 2.28. The molecule has 0 heterocycles. The number of benzene rings is 2. The van der Waals surface area contributed by atoms with Crippen LogP contribution in [0.15, 0.2) is 54.6 Å². The van der Waals surface area contributed by atoms with Gasteiger partial charge in [-0.15, -0.1) is 0 Å². The van der Waals surface area contributed by atoms with Crippen molar-refractivity contribution in [3.8, 4) is 0 Å². The quantitative estimate of drug-likeness (QED) is 0.824. The minimum Gasteiger partial charge on any atom is -0.389 e. The molecule has 0 aliphatic heterocycles. The van der Waals surface area contributed by atoms with Gasteiger partial charge in [0.1, 0.15) is 0 Å². The molecule has 3 heteroatoms. The zero-order chi connectivity index (χ0) is 15.9. The van der Waals surface area contributed by atoms with E-state index in [2.05, 4.69) is 53.5 Å². The molecule has 0 spiro atoms. The van der Waals surface area contributed by atoms with Gasteiger partial charge in [0.25, 0.3) is 0 Å². The van der Waals surface area contributed by atoms with Crippen molar-refractivity contribution in [1.29, 1.82) is 0 Å². The molecule has 2 atom stereocenters. The van der Waals surface area contributed by atoms with E-state index < -0.39 is 6.10 Å². The Bertz CT molecular complexity index is 553. The minimum absolute atomic E-state index is 0.0806. The average molecular weight is 298 g/mol. The van der Waals surface area contributed by atoms with Gasteiger partial charge in [0.2, 0.25) is 0 Å². The zero-order valence-electron chi connectivity index (χ0n) is 13.7. The highest BCUT2D eigenvalue weighted by atomic mass is 16.3. The fourth-order valence-electron chi connectivity index (χ4n) is 2.70. The number of aliphatic hydroxyl groups is 1. The second-order valence-electron chi connectivity index (χ2n) is 5.68. The van der Waals surface area contributed by atoms with Crippen molar-refractivity contribution in [3.63, 3.8) is 0 Å². The number of nitrogens with one attached hydrogen (secondary N) is 1. The van der Waals surface area contributed by atoms with Gasteiger partial charge >= 0.3 is 0 Å². The van der Waals surface area contributed by atoms with Crippen LogP contribution in [0, 0.1) is 6.92 Å². The summed E-state index contributed by atoms with van der Waals surface area (Å²) in [5, 5.41) is 13.9. The number of rotatable bonds is 7. The molecule has 118 valence electrons. The van der Waals surface area contributed by atoms with E-state index in [0.29, 0.717) is 6.54 Å². The first kappa shape index (κ1) is 16.5. The van der Waals surface area contributed by atoms with Crippen molar-refractivity contribution in [2.75, 3.05) is 25.0 Å². The van der Waals surface area contributed by atoms with Crippen molar-refractivity contribution < 1.29 is 5.11 Å². The summed E-state index contributed by atoms with van der Waals surface area (Å²) in [5.41, 5.74) is 3.47. The van der Waals surface area contributed by atoms with E-state index >= 15 is 0 Å². The lowest BCUT2D eigenvalue weighted by Gasteiger charge is -2.34. The summed E-state index contributed by atoms with van der Waals surface area (Å²) in [6, 6.07) is 18.5. The Morgan fingerprint density at radius 3 is 2.27 bits per heavy atom. The van der Waals surface area contributed by atoms with Crippen molar-refractivity contribution in [2.24, 2.45) is 0 Å². The molecular weight excluding hydrogens is 272 g/mol. The van der Waals surface area contributed by atoms with E-state index in [9.17, 15) is 5.11 Å². The van der Waals surface area contributed by atoms with Gasteiger partial charge in [-0.1, -0.05) is 55.0 Å². The highest BCUT2D eigenvalue weighted by Gasteiger charge is 2.25. The van der Waals surface area contributed by atoms with Crippen LogP contribution in [-0.4, -0.2) is 31.3 Å². The van der Waals surface area contributed by atoms with Crippen LogP contribution in [0.5, 0.6) is 0 Å². The third kappa shape index (κ3) is 4.09. The van der Waals surface area contributed by atoms with Crippen molar-refractivity contribution in [2.45, 2.75) is 26.0 Å². The van der Waals surface area contributed by atoms with E-state index in [0.717, 1.165) is 17.8 Å². The molecule has 22 heavy (non-hydrogen) atoms. The van der Waals surface area contributed by atoms with Crippen LogP contribution < -0.4 is 10.2 Å². The average Bonchev–Trinajstić information content (AvgIpc) is 2.54. The Balaban J connectivity index is 2.28. The van der Waals surface area contributed by atoms with Gasteiger partial charge in [-0.2, -0.15) is 0 Å². The van der Waals surface area contributed by atoms with Gasteiger partial charge in [-0.3, -0.25) is 0 Å². The molecule has 0 aliphatic carbocycles. The van der Waals surface area contributed by atoms with E-state index in [1.54, 1.807) is 0 Å². The molecule has 2 N–H and O–H groups in total. The summed E-state index contributed by atoms with van der Waals surface area (Å²) < 4.78 is 0. The molecule has 0 radical (unpaired) electrons. The van der Waals surface area contributed by atoms with Crippen LogP contribution in [0.25, 0.3) is 0 Å². The first-order valence-electron chi connectivity index (χ1n) is 7.86. The standard InChI is InChI=1S/C19H26N2O/c1-4-20-14-18(22)19(16-8-6-5-7-9-16)21(3)17-12-10-15(2)11-13-17/h5-13,18-20,22H,4,14H2,1-3H3/t18-,19+/m1/s1. The minimum atomic E-state index is -0.478. The predicted octanol–water partition coefficient (Wildman–Crippen LogP) is 3.14. The highest BCUT2D eigenvalue weighted by molar-refractivity contribution is 5.49. The summed E-state index contributed by atoms with van der Waals surface area (Å²) in [7, 11) is 2.04. The number of anilines is 1. The number of likely N-dealkylation sites (N-methyl/N-ethyl adjacent to an activating group) is 2. The van der Waals surface area contributed by atoms with Gasteiger partial charge in [-0.05, 0) is 31.2 Å². The molecule has 2 aromatic carbocycles. The van der Waals surface area contributed by atoms with Crippen molar-refractivity contribution in [3.05, 3.63) is 65.7 Å². The third-order valence-electron chi connectivity index (χ3n) is 3.97. The molecule has 0 fully saturated rings. The van der Waals surface area contributed by atoms with Crippen LogP contribution >= 0.6 is 0 Å². The van der Waals surface area contributed by atoms with Gasteiger partial charge in [0, 0.05) is 19.3 Å². The maximum atomic E-state index is 10.7. The monoisotopic (exact) mass is 298 g/mol. The zero-order valence-corrected chi connectivity index (χ0v) is 13.7. The largest absolute Gasteiger partial charge is 0.389 e. The third-order valence-corrected chi connectivity index (χ3v) is 3.97. The smallest absolute Gasteiger partial charge is 0.0909 e. The Kier molecular flexibility index (Phi) is 5.99. The first-order chi connectivity index (χ1) is 10.6. The number of hydrogen-bond acceptors (Lipinski definition) is 3. The molecule has 0 amide bonds. The van der Waals surface area contributed by atoms with Gasteiger partial charge < -0.3 is 15.3 Å². The Morgan fingerprint density at radius 2 is 1.68 bits per heavy atom. The summed E-state index contributed by atoms with van der Waals surface area (Å²) in [6.45, 7) is 5.56. The molecular formula is C19H26N2O. The number of aryl methyl sites for hydroxylation is 1. The molecule has 3 nitrogen and oxygen atoms in total. The summed E-state index contributed by atoms with van der Waals surface area (Å²) in [5.74, 6) is 0. The maximum Gasteiger partial charge on any atom is 0.0909 e. The predicted molar refractivity (Wildman–Crippen MR) is 93.3 cm³/mol. The SMILES string of the molecule is CCNC[C@@H](O)[C@H](c1ccccc1)N(C)c1ccc(C)cc1. The van der Waals surface area contributed by atoms with Gasteiger partial charge in [-0.25, -0.2) is 0 Å². The normalized spacial score (nSPS) is 13.6. The maximum absolute atomic E-state index is 10.7. The molecule has 0 aromatic heterocycles. The van der Waals surface area contributed by atoms with Gasteiger partial charge in [0.15, 0.2) is 0 Å². The fourth-order valence-corrected chi connectivity index (χ4v) is 2.70. The Labute approximate surface area is 133 Å². The molecule has 0 bridgehead atoms. The molecule has 0 aliphatic rings. The van der Waals surface area contributed by atoms with E-state index in [1.165, 1.54) is 5.56 Å². The summed E-state index contributed by atoms with van der Waals surface area (Å²) in [4.78, 5) is 2.15. The molecule has 2 aromatic rings.